The normalized spacial score (nSPS) is 27.2. The van der Waals surface area contributed by atoms with Gasteiger partial charge in [0.25, 0.3) is 0 Å². The second-order valence-electron chi connectivity index (χ2n) is 5.31. The van der Waals surface area contributed by atoms with Crippen molar-refractivity contribution in [1.29, 1.82) is 0 Å². The summed E-state index contributed by atoms with van der Waals surface area (Å²) < 4.78 is 5.88. The molecule has 2 fully saturated rings. The van der Waals surface area contributed by atoms with E-state index < -0.39 is 0 Å². The van der Waals surface area contributed by atoms with E-state index in [4.69, 9.17) is 15.7 Å². The number of hydrogen-bond donors (Lipinski definition) is 2. The molecule has 0 bridgehead atoms. The molecular formula is C14H20N4O2. The highest BCUT2D eigenvalue weighted by molar-refractivity contribution is 6.01. The third kappa shape index (κ3) is 2.31. The number of nitrogens with two attached hydrogens (primary N) is 1. The highest BCUT2D eigenvalue weighted by atomic mass is 16.5. The van der Waals surface area contributed by atoms with Gasteiger partial charge in [0.2, 0.25) is 0 Å². The van der Waals surface area contributed by atoms with Crippen LogP contribution in [0.3, 0.4) is 0 Å². The van der Waals surface area contributed by atoms with Crippen LogP contribution < -0.4 is 10.6 Å². The summed E-state index contributed by atoms with van der Waals surface area (Å²) in [6, 6.07) is 3.98. The molecule has 108 valence electrons. The van der Waals surface area contributed by atoms with E-state index in [0.717, 1.165) is 25.2 Å². The van der Waals surface area contributed by atoms with Crippen molar-refractivity contribution in [1.82, 2.24) is 4.98 Å². The van der Waals surface area contributed by atoms with E-state index >= 15 is 0 Å². The van der Waals surface area contributed by atoms with Crippen molar-refractivity contribution in [2.45, 2.75) is 37.8 Å². The number of rotatable bonds is 2. The molecule has 0 aromatic carbocycles. The number of hydrogen-bond acceptors (Lipinski definition) is 5. The molecule has 3 N–H and O–H groups in total. The minimum atomic E-state index is 0.104. The summed E-state index contributed by atoms with van der Waals surface area (Å²) in [7, 11) is 0. The van der Waals surface area contributed by atoms with Gasteiger partial charge in [-0.1, -0.05) is 18.0 Å². The zero-order valence-electron chi connectivity index (χ0n) is 11.4. The zero-order chi connectivity index (χ0) is 13.9. The molecule has 2 unspecified atom stereocenters. The molecule has 1 saturated heterocycles. The van der Waals surface area contributed by atoms with Crippen LogP contribution in [0.15, 0.2) is 23.5 Å². The maximum Gasteiger partial charge on any atom is 0.173 e. The summed E-state index contributed by atoms with van der Waals surface area (Å²) in [5.41, 5.74) is 6.45. The van der Waals surface area contributed by atoms with Gasteiger partial charge in [0.05, 0.1) is 24.3 Å². The van der Waals surface area contributed by atoms with Gasteiger partial charge in [-0.15, -0.1) is 0 Å². The molecule has 20 heavy (non-hydrogen) atoms. The Morgan fingerprint density at radius 1 is 1.45 bits per heavy atom. The first-order valence-corrected chi connectivity index (χ1v) is 7.12. The van der Waals surface area contributed by atoms with Crippen molar-refractivity contribution in [3.63, 3.8) is 0 Å². The van der Waals surface area contributed by atoms with Crippen LogP contribution in [0.2, 0.25) is 0 Å². The molecule has 0 radical (unpaired) electrons. The molecule has 6 heteroatoms. The van der Waals surface area contributed by atoms with E-state index in [9.17, 15) is 0 Å². The minimum Gasteiger partial charge on any atom is -0.409 e. The fourth-order valence-electron chi connectivity index (χ4n) is 3.24. The smallest absolute Gasteiger partial charge is 0.173 e. The van der Waals surface area contributed by atoms with Crippen LogP contribution in [0.1, 0.15) is 31.2 Å². The Kier molecular flexibility index (Phi) is 3.73. The lowest BCUT2D eigenvalue weighted by Crippen LogP contribution is -2.53. The van der Waals surface area contributed by atoms with E-state index in [0.29, 0.717) is 18.2 Å². The lowest BCUT2D eigenvalue weighted by atomic mass is 9.90. The maximum absolute atomic E-state index is 8.94. The third-order valence-corrected chi connectivity index (χ3v) is 4.17. The van der Waals surface area contributed by atoms with Gasteiger partial charge in [0.15, 0.2) is 5.84 Å². The molecule has 1 aromatic rings. The Morgan fingerprint density at radius 3 is 3.15 bits per heavy atom. The molecule has 2 heterocycles. The van der Waals surface area contributed by atoms with E-state index in [1.54, 1.807) is 12.3 Å². The Balaban J connectivity index is 1.95. The van der Waals surface area contributed by atoms with Gasteiger partial charge >= 0.3 is 0 Å². The van der Waals surface area contributed by atoms with Crippen LogP contribution in [0, 0.1) is 0 Å². The Bertz CT molecular complexity index is 504. The van der Waals surface area contributed by atoms with E-state index in [1.807, 2.05) is 6.07 Å². The van der Waals surface area contributed by atoms with Gasteiger partial charge in [-0.3, -0.25) is 0 Å². The molecule has 1 aliphatic heterocycles. The Labute approximate surface area is 118 Å². The third-order valence-electron chi connectivity index (χ3n) is 4.17. The summed E-state index contributed by atoms with van der Waals surface area (Å²) in [6.07, 6.45) is 6.68. The molecule has 0 amide bonds. The summed E-state index contributed by atoms with van der Waals surface area (Å²) >= 11 is 0. The van der Waals surface area contributed by atoms with Crippen molar-refractivity contribution in [2.24, 2.45) is 10.9 Å². The summed E-state index contributed by atoms with van der Waals surface area (Å²) in [4.78, 5) is 6.73. The maximum atomic E-state index is 8.94. The molecule has 1 aliphatic carbocycles. The van der Waals surface area contributed by atoms with Crippen molar-refractivity contribution in [2.75, 3.05) is 18.1 Å². The number of nitrogens with zero attached hydrogens (tertiary/aromatic N) is 3. The first kappa shape index (κ1) is 13.2. The largest absolute Gasteiger partial charge is 0.409 e. The topological polar surface area (TPSA) is 84.0 Å². The molecule has 6 nitrogen and oxygen atoms in total. The monoisotopic (exact) mass is 276 g/mol. The molecule has 2 aliphatic rings. The van der Waals surface area contributed by atoms with E-state index in [2.05, 4.69) is 15.0 Å². The predicted molar refractivity (Wildman–Crippen MR) is 76.1 cm³/mol. The van der Waals surface area contributed by atoms with Crippen LogP contribution in [0.25, 0.3) is 0 Å². The highest BCUT2D eigenvalue weighted by Crippen LogP contribution is 2.32. The van der Waals surface area contributed by atoms with Gasteiger partial charge in [-0.25, -0.2) is 4.98 Å². The Hall–Kier alpha value is -1.82. The van der Waals surface area contributed by atoms with Crippen LogP contribution in [-0.4, -0.2) is 41.3 Å². The number of aromatic nitrogens is 1. The quantitative estimate of drug-likeness (QED) is 0.368. The molecule has 0 spiro atoms. The number of fused-ring (bicyclic) bond motifs is 1. The van der Waals surface area contributed by atoms with Crippen LogP contribution in [0.4, 0.5) is 5.82 Å². The molecule has 1 aromatic heterocycles. The standard InChI is InChI=1S/C14H20N4O2/c15-13(17-19)10-4-3-7-16-14(10)18-8-9-20-12-6-2-1-5-11(12)18/h3-4,7,11-12,19H,1-2,5-6,8-9H2,(H2,15,17). The van der Waals surface area contributed by atoms with Crippen LogP contribution in [-0.2, 0) is 4.74 Å². The fourth-order valence-corrected chi connectivity index (χ4v) is 3.24. The van der Waals surface area contributed by atoms with Crippen LogP contribution >= 0.6 is 0 Å². The summed E-state index contributed by atoms with van der Waals surface area (Å²) in [5, 5.41) is 12.1. The number of pyridine rings is 1. The van der Waals surface area contributed by atoms with Crippen molar-refractivity contribution in [3.8, 4) is 0 Å². The lowest BCUT2D eigenvalue weighted by molar-refractivity contribution is -0.00899. The van der Waals surface area contributed by atoms with Crippen molar-refractivity contribution in [3.05, 3.63) is 23.9 Å². The number of oxime groups is 1. The van der Waals surface area contributed by atoms with Crippen LogP contribution in [0.5, 0.6) is 0 Å². The average molecular weight is 276 g/mol. The SMILES string of the molecule is NC(=NO)c1cccnc1N1CCOC2CCCCC21. The Morgan fingerprint density at radius 2 is 2.30 bits per heavy atom. The number of amidine groups is 1. The fraction of sp³-hybridized carbons (Fsp3) is 0.571. The molecule has 1 saturated carbocycles. The first-order chi connectivity index (χ1) is 9.81. The summed E-state index contributed by atoms with van der Waals surface area (Å²) in [5.74, 6) is 0.898. The molecule has 2 atom stereocenters. The number of anilines is 1. The van der Waals surface area contributed by atoms with Gasteiger partial charge in [-0.2, -0.15) is 0 Å². The predicted octanol–water partition coefficient (Wildman–Crippen LogP) is 1.32. The van der Waals surface area contributed by atoms with Gasteiger partial charge in [-0.05, 0) is 25.0 Å². The first-order valence-electron chi connectivity index (χ1n) is 7.12. The zero-order valence-corrected chi connectivity index (χ0v) is 11.4. The van der Waals surface area contributed by atoms with E-state index in [1.165, 1.54) is 12.8 Å². The van der Waals surface area contributed by atoms with Gasteiger partial charge < -0.3 is 20.6 Å². The van der Waals surface area contributed by atoms with Gasteiger partial charge in [0, 0.05) is 12.7 Å². The highest BCUT2D eigenvalue weighted by Gasteiger charge is 2.35. The number of ether oxygens (including phenoxy) is 1. The second-order valence-corrected chi connectivity index (χ2v) is 5.31. The van der Waals surface area contributed by atoms with Crippen molar-refractivity contribution < 1.29 is 9.94 Å². The van der Waals surface area contributed by atoms with E-state index in [-0.39, 0.29) is 11.9 Å². The molecule has 3 rings (SSSR count). The number of morpholine rings is 1. The van der Waals surface area contributed by atoms with Crippen molar-refractivity contribution >= 4 is 11.7 Å². The minimum absolute atomic E-state index is 0.104. The average Bonchev–Trinajstić information content (AvgIpc) is 2.53. The lowest BCUT2D eigenvalue weighted by Gasteiger charge is -2.44. The van der Waals surface area contributed by atoms with Gasteiger partial charge in [0.1, 0.15) is 5.82 Å². The summed E-state index contributed by atoms with van der Waals surface area (Å²) in [6.45, 7) is 1.50. The molecular weight excluding hydrogens is 256 g/mol. The second kappa shape index (κ2) is 5.66.